The first-order chi connectivity index (χ1) is 16.9. The summed E-state index contributed by atoms with van der Waals surface area (Å²) in [6.07, 6.45) is -9.79. The Morgan fingerprint density at radius 1 is 0.778 bits per heavy atom. The first-order valence-electron chi connectivity index (χ1n) is 11.1. The van der Waals surface area contributed by atoms with Crippen LogP contribution in [0.1, 0.15) is 48.4 Å². The molecule has 0 aromatic heterocycles. The number of ether oxygens (including phenoxy) is 2. The fourth-order valence-electron chi connectivity index (χ4n) is 3.64. The SMILES string of the molecule is CCCCOc1cc(C(c2ccc(C)c(OCCCSOOO)c2)(C(F)(F)F)C(F)(F)F)ccc1C. The zero-order valence-electron chi connectivity index (χ0n) is 20.0. The van der Waals surface area contributed by atoms with Crippen molar-refractivity contribution in [2.75, 3.05) is 19.0 Å². The van der Waals surface area contributed by atoms with Crippen molar-refractivity contribution in [2.45, 2.75) is 57.8 Å². The smallest absolute Gasteiger partial charge is 0.411 e. The molecular formula is C24H28F6O5S. The number of hydrogen-bond acceptors (Lipinski definition) is 6. The van der Waals surface area contributed by atoms with Crippen LogP contribution in [0.3, 0.4) is 0 Å². The van der Waals surface area contributed by atoms with Gasteiger partial charge in [-0.05, 0) is 61.1 Å². The minimum atomic E-state index is -5.73. The van der Waals surface area contributed by atoms with E-state index in [4.69, 9.17) is 14.7 Å². The number of rotatable bonds is 13. The van der Waals surface area contributed by atoms with Crippen LogP contribution in [0, 0.1) is 13.8 Å². The monoisotopic (exact) mass is 542 g/mol. The van der Waals surface area contributed by atoms with E-state index in [9.17, 15) is 26.3 Å². The summed E-state index contributed by atoms with van der Waals surface area (Å²) < 4.78 is 103. The standard InChI is InChI=1S/C24H28F6O5S/c1-4-5-11-32-20-14-18(9-7-16(20)2)22(23(25,26)27,24(28,29)30)19-10-8-17(3)21(15-19)33-12-6-13-36-35-34-31/h7-10,14-15,31H,4-6,11-13H2,1-3H3. The average molecular weight is 543 g/mol. The van der Waals surface area contributed by atoms with Gasteiger partial charge in [0.05, 0.1) is 13.2 Å². The van der Waals surface area contributed by atoms with Crippen molar-refractivity contribution in [1.29, 1.82) is 0 Å². The first-order valence-corrected chi connectivity index (χ1v) is 12.0. The highest BCUT2D eigenvalue weighted by Gasteiger charge is 2.72. The van der Waals surface area contributed by atoms with Gasteiger partial charge in [-0.3, -0.25) is 0 Å². The third kappa shape index (κ3) is 6.78. The van der Waals surface area contributed by atoms with Crippen molar-refractivity contribution in [1.82, 2.24) is 0 Å². The lowest BCUT2D eigenvalue weighted by atomic mass is 9.72. The lowest BCUT2D eigenvalue weighted by molar-refractivity contribution is -0.432. The largest absolute Gasteiger partial charge is 0.493 e. The molecule has 0 saturated heterocycles. The Bertz CT molecular complexity index is 966. The summed E-state index contributed by atoms with van der Waals surface area (Å²) >= 11 is 0.752. The third-order valence-electron chi connectivity index (χ3n) is 5.56. The molecule has 0 aliphatic rings. The Labute approximate surface area is 209 Å². The number of unbranched alkanes of at least 4 members (excludes halogenated alkanes) is 1. The van der Waals surface area contributed by atoms with Gasteiger partial charge in [-0.25, -0.2) is 5.26 Å². The van der Waals surface area contributed by atoms with Gasteiger partial charge in [-0.15, -0.1) is 4.33 Å². The van der Waals surface area contributed by atoms with Crippen LogP contribution in [-0.2, 0) is 14.8 Å². The van der Waals surface area contributed by atoms with E-state index in [-0.39, 0.29) is 24.7 Å². The van der Waals surface area contributed by atoms with Crippen LogP contribution in [0.4, 0.5) is 26.3 Å². The number of halogens is 6. The molecule has 2 aromatic rings. The van der Waals surface area contributed by atoms with E-state index in [0.29, 0.717) is 29.7 Å². The molecule has 0 radical (unpaired) electrons. The number of alkyl halides is 6. The molecule has 0 heterocycles. The van der Waals surface area contributed by atoms with E-state index >= 15 is 0 Å². The zero-order valence-corrected chi connectivity index (χ0v) is 20.8. The van der Waals surface area contributed by atoms with Gasteiger partial charge in [-0.1, -0.05) is 42.6 Å². The molecule has 2 aromatic carbocycles. The number of benzene rings is 2. The van der Waals surface area contributed by atoms with Crippen LogP contribution >= 0.6 is 12.0 Å². The van der Waals surface area contributed by atoms with E-state index < -0.39 is 28.9 Å². The molecule has 36 heavy (non-hydrogen) atoms. The van der Waals surface area contributed by atoms with Crippen LogP contribution in [0.5, 0.6) is 11.5 Å². The van der Waals surface area contributed by atoms with Crippen molar-refractivity contribution in [3.05, 3.63) is 58.7 Å². The lowest BCUT2D eigenvalue weighted by Crippen LogP contribution is -2.54. The fourth-order valence-corrected chi connectivity index (χ4v) is 3.99. The summed E-state index contributed by atoms with van der Waals surface area (Å²) in [4.78, 5) is 0. The second-order valence-electron chi connectivity index (χ2n) is 8.07. The summed E-state index contributed by atoms with van der Waals surface area (Å²) in [6.45, 7) is 5.12. The number of aryl methyl sites for hydroxylation is 2. The van der Waals surface area contributed by atoms with Gasteiger partial charge < -0.3 is 9.47 Å². The summed E-state index contributed by atoms with van der Waals surface area (Å²) in [5, 5.41) is 11.5. The Morgan fingerprint density at radius 2 is 1.25 bits per heavy atom. The van der Waals surface area contributed by atoms with Crippen molar-refractivity contribution >= 4 is 12.0 Å². The minimum Gasteiger partial charge on any atom is -0.493 e. The maximum atomic E-state index is 14.6. The summed E-state index contributed by atoms with van der Waals surface area (Å²) in [7, 11) is 0. The summed E-state index contributed by atoms with van der Waals surface area (Å²) in [5.41, 5.74) is -5.53. The topological polar surface area (TPSA) is 57.2 Å². The molecule has 0 saturated carbocycles. The van der Waals surface area contributed by atoms with Gasteiger partial charge in [0.2, 0.25) is 5.41 Å². The van der Waals surface area contributed by atoms with Gasteiger partial charge in [0.25, 0.3) is 0 Å². The highest BCUT2D eigenvalue weighted by Crippen LogP contribution is 2.57. The Kier molecular flexibility index (Phi) is 10.8. The van der Waals surface area contributed by atoms with Crippen molar-refractivity contribution < 1.29 is 50.4 Å². The molecule has 0 aliphatic heterocycles. The molecule has 0 unspecified atom stereocenters. The van der Waals surface area contributed by atoms with E-state index in [1.807, 2.05) is 6.92 Å². The van der Waals surface area contributed by atoms with Crippen LogP contribution in [0.2, 0.25) is 0 Å². The molecule has 0 spiro atoms. The third-order valence-corrected chi connectivity index (χ3v) is 6.17. The molecule has 0 fully saturated rings. The Balaban J connectivity index is 2.58. The van der Waals surface area contributed by atoms with E-state index in [2.05, 4.69) is 9.37 Å². The maximum absolute atomic E-state index is 14.6. The highest BCUT2D eigenvalue weighted by molar-refractivity contribution is 7.94. The predicted molar refractivity (Wildman–Crippen MR) is 123 cm³/mol. The molecule has 5 nitrogen and oxygen atoms in total. The summed E-state index contributed by atoms with van der Waals surface area (Å²) in [6, 6.07) is 5.64. The maximum Gasteiger partial charge on any atom is 0.411 e. The first kappa shape index (κ1) is 30.1. The molecule has 2 rings (SSSR count). The highest BCUT2D eigenvalue weighted by atomic mass is 32.2. The molecule has 12 heteroatoms. The molecule has 0 bridgehead atoms. The van der Waals surface area contributed by atoms with Gasteiger partial charge in [0.15, 0.2) is 0 Å². The number of hydrogen-bond donors (Lipinski definition) is 1. The van der Waals surface area contributed by atoms with Gasteiger partial charge >= 0.3 is 12.4 Å². The van der Waals surface area contributed by atoms with E-state index in [1.165, 1.54) is 19.1 Å². The van der Waals surface area contributed by atoms with Crippen molar-refractivity contribution in [3.8, 4) is 11.5 Å². The molecule has 202 valence electrons. The normalized spacial score (nSPS) is 12.6. The lowest BCUT2D eigenvalue weighted by Gasteiger charge is -2.38. The minimum absolute atomic E-state index is 0.0168. The van der Waals surface area contributed by atoms with Gasteiger partial charge in [0, 0.05) is 17.8 Å². The zero-order chi connectivity index (χ0) is 27.0. The second-order valence-corrected chi connectivity index (χ2v) is 8.85. The van der Waals surface area contributed by atoms with Gasteiger partial charge in [0.1, 0.15) is 11.5 Å². The molecule has 0 atom stereocenters. The van der Waals surface area contributed by atoms with Crippen molar-refractivity contribution in [2.24, 2.45) is 0 Å². The Morgan fingerprint density at radius 3 is 1.67 bits per heavy atom. The molecule has 0 aliphatic carbocycles. The Hall–Kier alpha value is -2.15. The quantitative estimate of drug-likeness (QED) is 0.0919. The average Bonchev–Trinajstić information content (AvgIpc) is 2.78. The second kappa shape index (κ2) is 12.9. The van der Waals surface area contributed by atoms with Crippen molar-refractivity contribution in [3.63, 3.8) is 0 Å². The summed E-state index contributed by atoms with van der Waals surface area (Å²) in [5.74, 6) is 0.147. The predicted octanol–water partition coefficient (Wildman–Crippen LogP) is 7.73. The van der Waals surface area contributed by atoms with E-state index in [1.54, 1.807) is 6.92 Å². The molecule has 0 amide bonds. The molecular weight excluding hydrogens is 514 g/mol. The molecule has 1 N–H and O–H groups in total. The van der Waals surface area contributed by atoms with E-state index in [0.717, 1.165) is 42.7 Å². The van der Waals surface area contributed by atoms with Gasteiger partial charge in [-0.2, -0.15) is 26.3 Å². The van der Waals surface area contributed by atoms with Crippen LogP contribution in [-0.4, -0.2) is 36.6 Å². The fraction of sp³-hybridized carbons (Fsp3) is 0.500. The van der Waals surface area contributed by atoms with Crippen LogP contribution in [0.15, 0.2) is 36.4 Å². The van der Waals surface area contributed by atoms with Crippen LogP contribution < -0.4 is 9.47 Å². The van der Waals surface area contributed by atoms with Crippen LogP contribution in [0.25, 0.3) is 0 Å².